The van der Waals surface area contributed by atoms with E-state index in [1.54, 1.807) is 14.2 Å². The van der Waals surface area contributed by atoms with Crippen molar-refractivity contribution in [1.82, 2.24) is 10.6 Å². The van der Waals surface area contributed by atoms with E-state index >= 15 is 0 Å². The minimum absolute atomic E-state index is 0. The summed E-state index contributed by atoms with van der Waals surface area (Å²) in [5.74, 6) is 3.01. The van der Waals surface area contributed by atoms with E-state index in [-0.39, 0.29) is 24.0 Å². The Hall–Kier alpha value is -2.16. The van der Waals surface area contributed by atoms with Crippen molar-refractivity contribution in [3.8, 4) is 17.2 Å². The van der Waals surface area contributed by atoms with Crippen LogP contribution in [0.2, 0.25) is 0 Å². The van der Waals surface area contributed by atoms with Crippen molar-refractivity contribution in [1.29, 1.82) is 0 Å². The first-order valence-corrected chi connectivity index (χ1v) is 9.09. The van der Waals surface area contributed by atoms with Gasteiger partial charge in [-0.25, -0.2) is 4.99 Å². The van der Waals surface area contributed by atoms with E-state index in [9.17, 15) is 0 Å². The number of halogens is 1. The van der Waals surface area contributed by atoms with Crippen LogP contribution in [0.4, 0.5) is 0 Å². The third-order valence-corrected chi connectivity index (χ3v) is 3.92. The molecule has 0 spiro atoms. The molecule has 0 saturated carbocycles. The van der Waals surface area contributed by atoms with Crippen molar-refractivity contribution in [2.75, 3.05) is 33.9 Å². The number of nitrogens with one attached hydrogen (secondary N) is 2. The fourth-order valence-corrected chi connectivity index (χ4v) is 2.56. The first kappa shape index (κ1) is 23.9. The maximum Gasteiger partial charge on any atom is 0.191 e. The third-order valence-electron chi connectivity index (χ3n) is 3.92. The summed E-state index contributed by atoms with van der Waals surface area (Å²) in [5.41, 5.74) is 2.18. The summed E-state index contributed by atoms with van der Waals surface area (Å²) < 4.78 is 16.5. The SMILES string of the molecule is CCNC(=NCc1cccc(OC)c1OC)NCCOc1ccc(C)cc1.I. The molecule has 2 rings (SSSR count). The number of guanidine groups is 1. The van der Waals surface area contributed by atoms with Crippen molar-refractivity contribution in [3.05, 3.63) is 53.6 Å². The van der Waals surface area contributed by atoms with Gasteiger partial charge in [0.1, 0.15) is 12.4 Å². The Bertz CT molecular complexity index is 736. The summed E-state index contributed by atoms with van der Waals surface area (Å²) in [5, 5.41) is 6.52. The maximum absolute atomic E-state index is 5.74. The molecular formula is C21H30IN3O3. The molecule has 0 heterocycles. The Balaban J connectivity index is 0.00000392. The molecule has 0 radical (unpaired) electrons. The van der Waals surface area contributed by atoms with Gasteiger partial charge in [-0.15, -0.1) is 24.0 Å². The molecule has 28 heavy (non-hydrogen) atoms. The third kappa shape index (κ3) is 7.46. The van der Waals surface area contributed by atoms with Gasteiger partial charge in [0.15, 0.2) is 17.5 Å². The van der Waals surface area contributed by atoms with Crippen LogP contribution >= 0.6 is 24.0 Å². The van der Waals surface area contributed by atoms with Crippen LogP contribution in [0.25, 0.3) is 0 Å². The normalized spacial score (nSPS) is 10.6. The van der Waals surface area contributed by atoms with Gasteiger partial charge in [-0.3, -0.25) is 0 Å². The van der Waals surface area contributed by atoms with Gasteiger partial charge in [-0.1, -0.05) is 29.8 Å². The number of rotatable bonds is 9. The number of nitrogens with zero attached hydrogens (tertiary/aromatic N) is 1. The van der Waals surface area contributed by atoms with Crippen LogP contribution in [0.3, 0.4) is 0 Å². The monoisotopic (exact) mass is 499 g/mol. The van der Waals surface area contributed by atoms with Gasteiger partial charge in [-0.05, 0) is 32.0 Å². The van der Waals surface area contributed by atoms with E-state index in [0.29, 0.717) is 31.2 Å². The van der Waals surface area contributed by atoms with E-state index in [1.165, 1.54) is 5.56 Å². The second-order valence-corrected chi connectivity index (χ2v) is 5.94. The molecule has 2 aromatic rings. The fraction of sp³-hybridized carbons (Fsp3) is 0.381. The lowest BCUT2D eigenvalue weighted by molar-refractivity contribution is 0.322. The predicted molar refractivity (Wildman–Crippen MR) is 124 cm³/mol. The molecule has 154 valence electrons. The highest BCUT2D eigenvalue weighted by Crippen LogP contribution is 2.30. The first-order valence-electron chi connectivity index (χ1n) is 9.09. The van der Waals surface area contributed by atoms with Crippen LogP contribution in [0, 0.1) is 6.92 Å². The van der Waals surface area contributed by atoms with Crippen molar-refractivity contribution < 1.29 is 14.2 Å². The Morgan fingerprint density at radius 3 is 2.39 bits per heavy atom. The highest BCUT2D eigenvalue weighted by molar-refractivity contribution is 14.0. The molecule has 0 aliphatic heterocycles. The molecule has 0 unspecified atom stereocenters. The lowest BCUT2D eigenvalue weighted by Gasteiger charge is -2.14. The number of aliphatic imine (C=N–C) groups is 1. The van der Waals surface area contributed by atoms with Gasteiger partial charge >= 0.3 is 0 Å². The predicted octanol–water partition coefficient (Wildman–Crippen LogP) is 3.76. The standard InChI is InChI=1S/C21H29N3O3.HI/c1-5-22-21(23-13-14-27-18-11-9-16(2)10-12-18)24-15-17-7-6-8-19(25-3)20(17)26-4;/h6-12H,5,13-15H2,1-4H3,(H2,22,23,24);1H. The van der Waals surface area contributed by atoms with E-state index in [2.05, 4.69) is 22.5 Å². The zero-order chi connectivity index (χ0) is 19.5. The highest BCUT2D eigenvalue weighted by Gasteiger charge is 2.09. The molecule has 2 N–H and O–H groups in total. The molecule has 0 fully saturated rings. The Labute approximate surface area is 184 Å². The summed E-state index contributed by atoms with van der Waals surface area (Å²) in [6, 6.07) is 13.8. The lowest BCUT2D eigenvalue weighted by atomic mass is 10.2. The summed E-state index contributed by atoms with van der Waals surface area (Å²) >= 11 is 0. The average molecular weight is 499 g/mol. The van der Waals surface area contributed by atoms with Gasteiger partial charge in [0.25, 0.3) is 0 Å². The van der Waals surface area contributed by atoms with E-state index in [0.717, 1.165) is 23.8 Å². The summed E-state index contributed by atoms with van der Waals surface area (Å²) in [6.45, 7) is 6.55. The smallest absolute Gasteiger partial charge is 0.191 e. The Morgan fingerprint density at radius 1 is 1.00 bits per heavy atom. The van der Waals surface area contributed by atoms with Crippen LogP contribution < -0.4 is 24.8 Å². The summed E-state index contributed by atoms with van der Waals surface area (Å²) in [6.07, 6.45) is 0. The zero-order valence-electron chi connectivity index (χ0n) is 17.0. The number of para-hydroxylation sites is 1. The second kappa shape index (κ2) is 13.1. The van der Waals surface area contributed by atoms with Crippen LogP contribution in [-0.4, -0.2) is 39.9 Å². The number of methoxy groups -OCH3 is 2. The highest BCUT2D eigenvalue weighted by atomic mass is 127. The van der Waals surface area contributed by atoms with Crippen molar-refractivity contribution in [2.45, 2.75) is 20.4 Å². The minimum atomic E-state index is 0. The Kier molecular flexibility index (Phi) is 11.2. The van der Waals surface area contributed by atoms with Crippen LogP contribution in [-0.2, 0) is 6.54 Å². The topological polar surface area (TPSA) is 64.1 Å². The van der Waals surface area contributed by atoms with Gasteiger partial charge in [-0.2, -0.15) is 0 Å². The van der Waals surface area contributed by atoms with E-state index in [1.807, 2.05) is 49.4 Å². The number of benzene rings is 2. The van der Waals surface area contributed by atoms with Crippen LogP contribution in [0.5, 0.6) is 17.2 Å². The fourth-order valence-electron chi connectivity index (χ4n) is 2.56. The molecule has 0 atom stereocenters. The molecule has 0 aliphatic rings. The molecule has 6 nitrogen and oxygen atoms in total. The molecule has 0 bridgehead atoms. The zero-order valence-corrected chi connectivity index (χ0v) is 19.3. The molecule has 0 aliphatic carbocycles. The van der Waals surface area contributed by atoms with Gasteiger partial charge in [0, 0.05) is 12.1 Å². The molecule has 0 aromatic heterocycles. The van der Waals surface area contributed by atoms with E-state index in [4.69, 9.17) is 14.2 Å². The summed E-state index contributed by atoms with van der Waals surface area (Å²) in [7, 11) is 3.27. The molecule has 0 saturated heterocycles. The second-order valence-electron chi connectivity index (χ2n) is 5.94. The Morgan fingerprint density at radius 2 is 1.75 bits per heavy atom. The molecular weight excluding hydrogens is 469 g/mol. The van der Waals surface area contributed by atoms with Crippen molar-refractivity contribution >= 4 is 29.9 Å². The maximum atomic E-state index is 5.74. The first-order chi connectivity index (χ1) is 13.2. The van der Waals surface area contributed by atoms with E-state index < -0.39 is 0 Å². The number of ether oxygens (including phenoxy) is 3. The number of aryl methyl sites for hydroxylation is 1. The van der Waals surface area contributed by atoms with Crippen LogP contribution in [0.1, 0.15) is 18.1 Å². The summed E-state index contributed by atoms with van der Waals surface area (Å²) in [4.78, 5) is 4.63. The number of hydrogen-bond acceptors (Lipinski definition) is 4. The minimum Gasteiger partial charge on any atom is -0.493 e. The molecule has 2 aromatic carbocycles. The number of hydrogen-bond donors (Lipinski definition) is 2. The van der Waals surface area contributed by atoms with Gasteiger partial charge < -0.3 is 24.8 Å². The van der Waals surface area contributed by atoms with Crippen LogP contribution in [0.15, 0.2) is 47.5 Å². The quantitative estimate of drug-likeness (QED) is 0.238. The van der Waals surface area contributed by atoms with Crippen molar-refractivity contribution in [2.24, 2.45) is 4.99 Å². The van der Waals surface area contributed by atoms with Gasteiger partial charge in [0.05, 0.1) is 27.3 Å². The largest absolute Gasteiger partial charge is 0.493 e. The van der Waals surface area contributed by atoms with Gasteiger partial charge in [0.2, 0.25) is 0 Å². The molecule has 0 amide bonds. The average Bonchev–Trinajstić information content (AvgIpc) is 2.70. The molecule has 7 heteroatoms. The van der Waals surface area contributed by atoms with Crippen molar-refractivity contribution in [3.63, 3.8) is 0 Å². The lowest BCUT2D eigenvalue weighted by Crippen LogP contribution is -2.39.